The van der Waals surface area contributed by atoms with Crippen LogP contribution in [0.15, 0.2) is 24.3 Å². The lowest BCUT2D eigenvalue weighted by Gasteiger charge is -2.16. The molecule has 1 saturated heterocycles. The third-order valence-electron chi connectivity index (χ3n) is 3.18. The summed E-state index contributed by atoms with van der Waals surface area (Å²) in [5.74, 6) is -0.214. The van der Waals surface area contributed by atoms with Gasteiger partial charge in [0.25, 0.3) is 0 Å². The molecule has 0 radical (unpaired) electrons. The maximum atomic E-state index is 12.8. The number of amides is 1. The van der Waals surface area contributed by atoms with E-state index in [1.807, 2.05) is 0 Å². The van der Waals surface area contributed by atoms with Crippen LogP contribution in [0.3, 0.4) is 0 Å². The standard InChI is InChI=1S/C13H16F3N3O/c1-8(2)11(20)17-7-9-3-5-10(6-4-9)12(18-19-12)13(14,15)16/h3-6,8,18-19H,7H2,1-2H3,(H,17,20). The molecule has 1 amide bonds. The minimum Gasteiger partial charge on any atom is -0.352 e. The van der Waals surface area contributed by atoms with Gasteiger partial charge in [-0.25, -0.2) is 10.9 Å². The van der Waals surface area contributed by atoms with Crippen LogP contribution in [0.2, 0.25) is 0 Å². The number of hydrazine groups is 1. The van der Waals surface area contributed by atoms with E-state index in [0.29, 0.717) is 6.54 Å². The van der Waals surface area contributed by atoms with E-state index in [0.717, 1.165) is 5.56 Å². The molecule has 1 heterocycles. The SMILES string of the molecule is CC(C)C(=O)NCc1ccc(C2(C(F)(F)F)NN2)cc1. The van der Waals surface area contributed by atoms with Crippen molar-refractivity contribution >= 4 is 5.91 Å². The van der Waals surface area contributed by atoms with Gasteiger partial charge in [0.05, 0.1) is 0 Å². The third-order valence-corrected chi connectivity index (χ3v) is 3.18. The van der Waals surface area contributed by atoms with Crippen LogP contribution in [-0.4, -0.2) is 12.1 Å². The average molecular weight is 287 g/mol. The smallest absolute Gasteiger partial charge is 0.352 e. The van der Waals surface area contributed by atoms with E-state index >= 15 is 0 Å². The van der Waals surface area contributed by atoms with Crippen LogP contribution in [0.1, 0.15) is 25.0 Å². The maximum Gasteiger partial charge on any atom is 0.426 e. The lowest BCUT2D eigenvalue weighted by atomic mass is 10.0. The van der Waals surface area contributed by atoms with Crippen molar-refractivity contribution in [2.45, 2.75) is 32.2 Å². The number of halogens is 3. The number of alkyl halides is 3. The molecule has 0 bridgehead atoms. The summed E-state index contributed by atoms with van der Waals surface area (Å²) in [6.07, 6.45) is -4.40. The van der Waals surface area contributed by atoms with Crippen LogP contribution in [0.25, 0.3) is 0 Å². The van der Waals surface area contributed by atoms with E-state index in [2.05, 4.69) is 16.2 Å². The molecule has 0 saturated carbocycles. The summed E-state index contributed by atoms with van der Waals surface area (Å²) in [7, 11) is 0. The first kappa shape index (κ1) is 14.8. The van der Waals surface area contributed by atoms with Gasteiger partial charge in [0.2, 0.25) is 11.6 Å². The number of rotatable bonds is 4. The largest absolute Gasteiger partial charge is 0.426 e. The highest BCUT2D eigenvalue weighted by Gasteiger charge is 2.65. The number of hydrogen-bond donors (Lipinski definition) is 3. The van der Waals surface area contributed by atoms with Crippen molar-refractivity contribution in [3.8, 4) is 0 Å². The molecule has 1 aromatic carbocycles. The van der Waals surface area contributed by atoms with Gasteiger partial charge in [-0.1, -0.05) is 38.1 Å². The van der Waals surface area contributed by atoms with E-state index in [9.17, 15) is 18.0 Å². The van der Waals surface area contributed by atoms with Crippen LogP contribution in [0, 0.1) is 5.92 Å². The van der Waals surface area contributed by atoms with Gasteiger partial charge >= 0.3 is 6.18 Å². The minimum absolute atomic E-state index is 0.0913. The first-order valence-electron chi connectivity index (χ1n) is 6.24. The topological polar surface area (TPSA) is 73.0 Å². The fraction of sp³-hybridized carbons (Fsp3) is 0.462. The number of carbonyl (C=O) groups is 1. The molecule has 1 aromatic rings. The number of hydrogen-bond acceptors (Lipinski definition) is 3. The van der Waals surface area contributed by atoms with Crippen molar-refractivity contribution in [2.24, 2.45) is 5.92 Å². The zero-order valence-corrected chi connectivity index (χ0v) is 11.1. The summed E-state index contributed by atoms with van der Waals surface area (Å²) in [5, 5.41) is 2.71. The molecule has 110 valence electrons. The first-order chi connectivity index (χ1) is 9.26. The summed E-state index contributed by atoms with van der Waals surface area (Å²) in [5.41, 5.74) is 3.01. The summed E-state index contributed by atoms with van der Waals surface area (Å²) in [6.45, 7) is 3.85. The minimum atomic E-state index is -4.40. The van der Waals surface area contributed by atoms with Crippen molar-refractivity contribution in [3.63, 3.8) is 0 Å². The van der Waals surface area contributed by atoms with Crippen LogP contribution in [0.4, 0.5) is 13.2 Å². The monoisotopic (exact) mass is 287 g/mol. The predicted molar refractivity (Wildman–Crippen MR) is 67.1 cm³/mol. The van der Waals surface area contributed by atoms with Crippen LogP contribution >= 0.6 is 0 Å². The normalized spacial score (nSPS) is 17.1. The predicted octanol–water partition coefficient (Wildman–Crippen LogP) is 1.78. The molecule has 3 N–H and O–H groups in total. The van der Waals surface area contributed by atoms with Gasteiger partial charge in [-0.2, -0.15) is 13.2 Å². The molecule has 1 aliphatic rings. The Morgan fingerprint density at radius 1 is 1.25 bits per heavy atom. The molecule has 0 spiro atoms. The highest BCUT2D eigenvalue weighted by Crippen LogP contribution is 2.41. The fourth-order valence-corrected chi connectivity index (χ4v) is 1.78. The maximum absolute atomic E-state index is 12.8. The molecule has 0 atom stereocenters. The van der Waals surface area contributed by atoms with Crippen molar-refractivity contribution in [3.05, 3.63) is 35.4 Å². The Morgan fingerprint density at radius 3 is 2.20 bits per heavy atom. The molecule has 1 aliphatic heterocycles. The second-order valence-electron chi connectivity index (χ2n) is 5.07. The molecule has 20 heavy (non-hydrogen) atoms. The molecule has 0 aliphatic carbocycles. The zero-order valence-electron chi connectivity index (χ0n) is 11.1. The quantitative estimate of drug-likeness (QED) is 0.739. The van der Waals surface area contributed by atoms with Gasteiger partial charge in [0.1, 0.15) is 0 Å². The molecule has 2 rings (SSSR count). The van der Waals surface area contributed by atoms with E-state index in [1.54, 1.807) is 26.0 Å². The lowest BCUT2D eigenvalue weighted by molar-refractivity contribution is -0.165. The Morgan fingerprint density at radius 2 is 1.80 bits per heavy atom. The van der Waals surface area contributed by atoms with Crippen molar-refractivity contribution in [1.82, 2.24) is 16.2 Å². The Bertz CT molecular complexity index is 493. The Balaban J connectivity index is 2.03. The lowest BCUT2D eigenvalue weighted by Crippen LogP contribution is -2.34. The molecule has 4 nitrogen and oxygen atoms in total. The van der Waals surface area contributed by atoms with Gasteiger partial charge in [-0.3, -0.25) is 4.79 Å². The number of nitrogens with one attached hydrogen (secondary N) is 3. The van der Waals surface area contributed by atoms with Gasteiger partial charge in [-0.05, 0) is 11.1 Å². The van der Waals surface area contributed by atoms with E-state index in [-0.39, 0.29) is 17.4 Å². The molecule has 1 fully saturated rings. The van der Waals surface area contributed by atoms with Crippen LogP contribution in [-0.2, 0) is 17.0 Å². The highest BCUT2D eigenvalue weighted by atomic mass is 19.4. The van der Waals surface area contributed by atoms with E-state index < -0.39 is 11.8 Å². The Hall–Kier alpha value is -1.60. The summed E-state index contributed by atoms with van der Waals surface area (Å²) < 4.78 is 38.5. The van der Waals surface area contributed by atoms with Gasteiger partial charge in [0, 0.05) is 12.5 Å². The van der Waals surface area contributed by atoms with Crippen LogP contribution in [0.5, 0.6) is 0 Å². The second-order valence-corrected chi connectivity index (χ2v) is 5.07. The van der Waals surface area contributed by atoms with Gasteiger partial charge in [-0.15, -0.1) is 0 Å². The summed E-state index contributed by atoms with van der Waals surface area (Å²) >= 11 is 0. The van der Waals surface area contributed by atoms with Crippen LogP contribution < -0.4 is 16.2 Å². The molecule has 0 unspecified atom stereocenters. The summed E-state index contributed by atoms with van der Waals surface area (Å²) in [4.78, 5) is 11.4. The van der Waals surface area contributed by atoms with Crippen molar-refractivity contribution in [1.29, 1.82) is 0 Å². The summed E-state index contributed by atoms with van der Waals surface area (Å²) in [6, 6.07) is 5.95. The van der Waals surface area contributed by atoms with E-state index in [4.69, 9.17) is 0 Å². The fourth-order valence-electron chi connectivity index (χ4n) is 1.78. The number of benzene rings is 1. The Labute approximate surface area is 114 Å². The molecular weight excluding hydrogens is 271 g/mol. The van der Waals surface area contributed by atoms with E-state index in [1.165, 1.54) is 12.1 Å². The van der Waals surface area contributed by atoms with Gasteiger partial charge in [0.15, 0.2) is 0 Å². The zero-order chi connectivity index (χ0) is 15.0. The average Bonchev–Trinajstić information content (AvgIpc) is 3.17. The van der Waals surface area contributed by atoms with Gasteiger partial charge < -0.3 is 5.32 Å². The Kier molecular flexibility index (Phi) is 3.75. The third kappa shape index (κ3) is 2.78. The first-order valence-corrected chi connectivity index (χ1v) is 6.24. The molecule has 0 aromatic heterocycles. The van der Waals surface area contributed by atoms with Crippen molar-refractivity contribution in [2.75, 3.05) is 0 Å². The number of carbonyl (C=O) groups excluding carboxylic acids is 1. The van der Waals surface area contributed by atoms with Crippen molar-refractivity contribution < 1.29 is 18.0 Å². The second kappa shape index (κ2) is 5.06. The molecule has 7 heteroatoms. The highest BCUT2D eigenvalue weighted by molar-refractivity contribution is 5.77. The molecular formula is C13H16F3N3O.